The summed E-state index contributed by atoms with van der Waals surface area (Å²) in [6.07, 6.45) is 3.74. The van der Waals surface area contributed by atoms with Crippen molar-refractivity contribution >= 4 is 17.2 Å². The van der Waals surface area contributed by atoms with Gasteiger partial charge in [-0.25, -0.2) is 4.68 Å². The number of hydrogen-bond acceptors (Lipinski definition) is 5. The zero-order valence-corrected chi connectivity index (χ0v) is 16.7. The summed E-state index contributed by atoms with van der Waals surface area (Å²) in [7, 11) is 0. The average molecular weight is 389 g/mol. The Balaban J connectivity index is 1.30. The van der Waals surface area contributed by atoms with E-state index in [1.54, 1.807) is 4.68 Å². The molecule has 8 heteroatoms. The van der Waals surface area contributed by atoms with Crippen LogP contribution in [0, 0.1) is 20.8 Å². The van der Waals surface area contributed by atoms with Gasteiger partial charge in [0, 0.05) is 36.7 Å². The highest BCUT2D eigenvalue weighted by molar-refractivity contribution is 5.95. The first-order chi connectivity index (χ1) is 14.0. The molecule has 2 N–H and O–H groups in total. The molecule has 4 aromatic rings. The molecule has 0 aliphatic carbocycles. The van der Waals surface area contributed by atoms with E-state index in [4.69, 9.17) is 0 Å². The molecule has 4 aromatic heterocycles. The number of anilines is 1. The van der Waals surface area contributed by atoms with Gasteiger partial charge in [0.05, 0.1) is 11.3 Å². The molecule has 0 saturated carbocycles. The van der Waals surface area contributed by atoms with Gasteiger partial charge in [0.1, 0.15) is 5.82 Å². The van der Waals surface area contributed by atoms with Gasteiger partial charge < -0.3 is 15.0 Å². The van der Waals surface area contributed by atoms with Crippen molar-refractivity contribution < 1.29 is 4.79 Å². The molecule has 0 saturated heterocycles. The minimum Gasteiger partial charge on any atom is -0.367 e. The molecule has 0 aliphatic rings. The van der Waals surface area contributed by atoms with Crippen molar-refractivity contribution in [2.75, 3.05) is 18.4 Å². The molecule has 0 bridgehead atoms. The Morgan fingerprint density at radius 2 is 1.93 bits per heavy atom. The first kappa shape index (κ1) is 18.7. The number of aryl methyl sites for hydroxylation is 1. The summed E-state index contributed by atoms with van der Waals surface area (Å²) in [5.41, 5.74) is 4.82. The summed E-state index contributed by atoms with van der Waals surface area (Å²) >= 11 is 0. The second-order valence-electron chi connectivity index (χ2n) is 6.93. The van der Waals surface area contributed by atoms with Gasteiger partial charge in [-0.15, -0.1) is 10.2 Å². The van der Waals surface area contributed by atoms with Crippen LogP contribution in [0.2, 0.25) is 0 Å². The van der Waals surface area contributed by atoms with Gasteiger partial charge in [0.15, 0.2) is 5.82 Å². The van der Waals surface area contributed by atoms with Crippen LogP contribution in [0.4, 0.5) is 5.82 Å². The molecule has 0 aromatic carbocycles. The quantitative estimate of drug-likeness (QED) is 0.495. The van der Waals surface area contributed by atoms with Crippen LogP contribution in [-0.4, -0.2) is 43.4 Å². The Labute approximate surface area is 168 Å². The monoisotopic (exact) mass is 389 g/mol. The standard InChI is InChI=1S/C21H23N7O/c1-14-15(2)26-28(16(14)3)20-8-7-19(24-25-20)22-9-10-23-21(29)17-12-18-6-4-5-11-27(18)13-17/h4-8,11-13H,9-10H2,1-3H3,(H,22,24)(H,23,29). The van der Waals surface area contributed by atoms with Crippen molar-refractivity contribution in [3.05, 3.63) is 71.3 Å². The molecular weight excluding hydrogens is 366 g/mol. The third kappa shape index (κ3) is 3.82. The summed E-state index contributed by atoms with van der Waals surface area (Å²) in [4.78, 5) is 12.3. The van der Waals surface area contributed by atoms with Crippen molar-refractivity contribution in [3.8, 4) is 5.82 Å². The Morgan fingerprint density at radius 1 is 1.07 bits per heavy atom. The summed E-state index contributed by atoms with van der Waals surface area (Å²) < 4.78 is 3.72. The fourth-order valence-electron chi connectivity index (χ4n) is 3.12. The number of rotatable bonds is 6. The molecule has 8 nitrogen and oxygen atoms in total. The number of aromatic nitrogens is 5. The first-order valence-corrected chi connectivity index (χ1v) is 9.48. The lowest BCUT2D eigenvalue weighted by Crippen LogP contribution is -2.28. The van der Waals surface area contributed by atoms with E-state index in [0.717, 1.165) is 22.5 Å². The highest BCUT2D eigenvalue weighted by Gasteiger charge is 2.11. The number of amides is 1. The van der Waals surface area contributed by atoms with Gasteiger partial charge in [-0.3, -0.25) is 4.79 Å². The number of nitrogens with zero attached hydrogens (tertiary/aromatic N) is 5. The molecule has 148 valence electrons. The number of carbonyl (C=O) groups is 1. The molecule has 0 aliphatic heterocycles. The lowest BCUT2D eigenvalue weighted by atomic mass is 10.2. The van der Waals surface area contributed by atoms with E-state index >= 15 is 0 Å². The summed E-state index contributed by atoms with van der Waals surface area (Å²) in [5, 5.41) is 19.0. The second kappa shape index (κ2) is 7.75. The first-order valence-electron chi connectivity index (χ1n) is 9.48. The summed E-state index contributed by atoms with van der Waals surface area (Å²) in [5.74, 6) is 1.23. The van der Waals surface area contributed by atoms with Crippen molar-refractivity contribution in [3.63, 3.8) is 0 Å². The number of carbonyl (C=O) groups excluding carboxylic acids is 1. The van der Waals surface area contributed by atoms with Crippen LogP contribution in [-0.2, 0) is 0 Å². The largest absolute Gasteiger partial charge is 0.367 e. The second-order valence-corrected chi connectivity index (χ2v) is 6.93. The van der Waals surface area contributed by atoms with E-state index < -0.39 is 0 Å². The predicted molar refractivity (Wildman–Crippen MR) is 112 cm³/mol. The topological polar surface area (TPSA) is 89.1 Å². The minimum atomic E-state index is -0.100. The van der Waals surface area contributed by atoms with Crippen LogP contribution in [0.25, 0.3) is 11.3 Å². The van der Waals surface area contributed by atoms with Gasteiger partial charge in [-0.1, -0.05) is 6.07 Å². The van der Waals surface area contributed by atoms with Crippen molar-refractivity contribution in [2.45, 2.75) is 20.8 Å². The molecule has 0 unspecified atom stereocenters. The third-order valence-electron chi connectivity index (χ3n) is 5.00. The number of hydrogen-bond donors (Lipinski definition) is 2. The lowest BCUT2D eigenvalue weighted by molar-refractivity contribution is 0.0955. The van der Waals surface area contributed by atoms with Gasteiger partial charge in [0.25, 0.3) is 5.91 Å². The Bertz CT molecular complexity index is 1120. The van der Waals surface area contributed by atoms with Crippen LogP contribution in [0.1, 0.15) is 27.3 Å². The Kier molecular flexibility index (Phi) is 4.99. The van der Waals surface area contributed by atoms with Crippen LogP contribution < -0.4 is 10.6 Å². The normalized spacial score (nSPS) is 11.0. The van der Waals surface area contributed by atoms with Crippen LogP contribution in [0.5, 0.6) is 0 Å². The fourth-order valence-corrected chi connectivity index (χ4v) is 3.12. The van der Waals surface area contributed by atoms with Gasteiger partial charge in [0.2, 0.25) is 0 Å². The maximum Gasteiger partial charge on any atom is 0.252 e. The zero-order chi connectivity index (χ0) is 20.4. The zero-order valence-electron chi connectivity index (χ0n) is 16.7. The smallest absolute Gasteiger partial charge is 0.252 e. The van der Waals surface area contributed by atoms with E-state index in [1.807, 2.05) is 74.0 Å². The molecule has 1 amide bonds. The van der Waals surface area contributed by atoms with E-state index in [1.165, 1.54) is 0 Å². The molecule has 29 heavy (non-hydrogen) atoms. The fraction of sp³-hybridized carbons (Fsp3) is 0.238. The number of pyridine rings is 1. The molecule has 0 atom stereocenters. The van der Waals surface area contributed by atoms with Gasteiger partial charge in [-0.2, -0.15) is 5.10 Å². The maximum absolute atomic E-state index is 12.3. The van der Waals surface area contributed by atoms with Crippen LogP contribution >= 0.6 is 0 Å². The van der Waals surface area contributed by atoms with E-state index in [9.17, 15) is 4.79 Å². The number of fused-ring (bicyclic) bond motifs is 1. The Hall–Kier alpha value is -3.68. The van der Waals surface area contributed by atoms with Gasteiger partial charge in [-0.05, 0) is 56.7 Å². The number of nitrogens with one attached hydrogen (secondary N) is 2. The molecule has 0 spiro atoms. The molecule has 4 rings (SSSR count). The molecule has 0 fully saturated rings. The summed E-state index contributed by atoms with van der Waals surface area (Å²) in [6.45, 7) is 7.06. The average Bonchev–Trinajstić information content (AvgIpc) is 3.28. The SMILES string of the molecule is Cc1nn(-c2ccc(NCCNC(=O)c3cc4ccccn4c3)nn2)c(C)c1C. The Morgan fingerprint density at radius 3 is 2.62 bits per heavy atom. The predicted octanol–water partition coefficient (Wildman–Crippen LogP) is 2.68. The van der Waals surface area contributed by atoms with E-state index in [-0.39, 0.29) is 5.91 Å². The van der Waals surface area contributed by atoms with Gasteiger partial charge >= 0.3 is 0 Å². The molecule has 0 radical (unpaired) electrons. The van der Waals surface area contributed by atoms with Crippen LogP contribution in [0.3, 0.4) is 0 Å². The summed E-state index contributed by atoms with van der Waals surface area (Å²) in [6, 6.07) is 11.4. The highest BCUT2D eigenvalue weighted by Crippen LogP contribution is 2.15. The van der Waals surface area contributed by atoms with E-state index in [2.05, 4.69) is 25.9 Å². The van der Waals surface area contributed by atoms with Crippen molar-refractivity contribution in [2.24, 2.45) is 0 Å². The lowest BCUT2D eigenvalue weighted by Gasteiger charge is -2.07. The van der Waals surface area contributed by atoms with Crippen LogP contribution in [0.15, 0.2) is 48.8 Å². The van der Waals surface area contributed by atoms with Crippen molar-refractivity contribution in [1.29, 1.82) is 0 Å². The third-order valence-corrected chi connectivity index (χ3v) is 5.00. The highest BCUT2D eigenvalue weighted by atomic mass is 16.1. The minimum absolute atomic E-state index is 0.100. The molecule has 4 heterocycles. The molecular formula is C21H23N7O. The van der Waals surface area contributed by atoms with E-state index in [0.29, 0.717) is 30.3 Å². The maximum atomic E-state index is 12.3. The van der Waals surface area contributed by atoms with Crippen molar-refractivity contribution in [1.82, 2.24) is 29.7 Å².